The van der Waals surface area contributed by atoms with E-state index in [1.54, 1.807) is 0 Å². The molecule has 5 aliphatic rings. The first-order chi connectivity index (χ1) is 13.1. The van der Waals surface area contributed by atoms with E-state index in [4.69, 9.17) is 0 Å². The molecule has 5 nitrogen and oxygen atoms in total. The predicted octanol–water partition coefficient (Wildman–Crippen LogP) is 2.70. The molecule has 2 N–H and O–H groups in total. The molecule has 1 aliphatic heterocycles. The van der Waals surface area contributed by atoms with Gasteiger partial charge in [0.05, 0.1) is 0 Å². The molecule has 0 unspecified atom stereocenters. The maximum atomic E-state index is 12.9. The molecule has 27 heavy (non-hydrogen) atoms. The van der Waals surface area contributed by atoms with Gasteiger partial charge >= 0.3 is 0 Å². The number of rotatable bonds is 7. The first-order valence-electron chi connectivity index (χ1n) is 11.4. The van der Waals surface area contributed by atoms with Crippen LogP contribution in [0.5, 0.6) is 0 Å². The standard InChI is InChI=1S/C22H37N3O2/c1-2-7-25-8-4-19(5-9-25)24-20(26)3-6-23-21(27)22-13-16-10-17(14-22)12-18(11-16)15-22/h16-19H,2-15H2,1H3,(H,23,27)(H,24,26). The number of likely N-dealkylation sites (tertiary alicyclic amines) is 1. The Labute approximate surface area is 164 Å². The van der Waals surface area contributed by atoms with Gasteiger partial charge in [-0.05, 0) is 82.1 Å². The van der Waals surface area contributed by atoms with Crippen molar-refractivity contribution in [3.63, 3.8) is 0 Å². The summed E-state index contributed by atoms with van der Waals surface area (Å²) in [4.78, 5) is 27.7. The zero-order chi connectivity index (χ0) is 18.9. The summed E-state index contributed by atoms with van der Waals surface area (Å²) >= 11 is 0. The van der Waals surface area contributed by atoms with Gasteiger partial charge < -0.3 is 15.5 Å². The predicted molar refractivity (Wildman–Crippen MR) is 106 cm³/mol. The van der Waals surface area contributed by atoms with Gasteiger partial charge in [0.15, 0.2) is 0 Å². The number of carbonyl (C=O) groups is 2. The Morgan fingerprint density at radius 3 is 2.15 bits per heavy atom. The van der Waals surface area contributed by atoms with Crippen LogP contribution >= 0.6 is 0 Å². The van der Waals surface area contributed by atoms with Gasteiger partial charge in [0.25, 0.3) is 0 Å². The fraction of sp³-hybridized carbons (Fsp3) is 0.909. The molecule has 5 rings (SSSR count). The molecule has 1 saturated heterocycles. The molecule has 4 aliphatic carbocycles. The molecule has 0 spiro atoms. The van der Waals surface area contributed by atoms with E-state index in [0.29, 0.717) is 19.0 Å². The minimum atomic E-state index is -0.0999. The summed E-state index contributed by atoms with van der Waals surface area (Å²) in [6, 6.07) is 0.310. The van der Waals surface area contributed by atoms with Crippen LogP contribution < -0.4 is 10.6 Å². The maximum absolute atomic E-state index is 12.9. The fourth-order valence-electron chi connectivity index (χ4n) is 6.78. The van der Waals surface area contributed by atoms with Crippen molar-refractivity contribution in [2.45, 2.75) is 77.2 Å². The van der Waals surface area contributed by atoms with Crippen LogP contribution in [0.25, 0.3) is 0 Å². The fourth-order valence-corrected chi connectivity index (χ4v) is 6.78. The first kappa shape index (κ1) is 19.2. The van der Waals surface area contributed by atoms with E-state index in [1.165, 1.54) is 25.7 Å². The molecule has 0 aromatic heterocycles. The minimum absolute atomic E-state index is 0.0924. The number of amides is 2. The molecular weight excluding hydrogens is 338 g/mol. The van der Waals surface area contributed by atoms with Crippen molar-refractivity contribution in [3.05, 3.63) is 0 Å². The molecule has 0 aromatic rings. The highest BCUT2D eigenvalue weighted by molar-refractivity contribution is 5.84. The second-order valence-corrected chi connectivity index (χ2v) is 9.89. The van der Waals surface area contributed by atoms with Gasteiger partial charge in [-0.2, -0.15) is 0 Å². The van der Waals surface area contributed by atoms with Gasteiger partial charge in [-0.25, -0.2) is 0 Å². The zero-order valence-electron chi connectivity index (χ0n) is 17.0. The molecule has 5 heteroatoms. The summed E-state index contributed by atoms with van der Waals surface area (Å²) in [5.74, 6) is 2.67. The average Bonchev–Trinajstić information content (AvgIpc) is 2.62. The van der Waals surface area contributed by atoms with E-state index in [2.05, 4.69) is 22.5 Å². The molecule has 5 fully saturated rings. The number of hydrogen-bond acceptors (Lipinski definition) is 3. The van der Waals surface area contributed by atoms with Crippen LogP contribution in [0.3, 0.4) is 0 Å². The van der Waals surface area contributed by atoms with Crippen LogP contribution in [-0.4, -0.2) is 48.9 Å². The van der Waals surface area contributed by atoms with E-state index < -0.39 is 0 Å². The van der Waals surface area contributed by atoms with Crippen molar-refractivity contribution < 1.29 is 9.59 Å². The van der Waals surface area contributed by atoms with E-state index in [1.807, 2.05) is 0 Å². The van der Waals surface area contributed by atoms with Crippen LogP contribution in [0.15, 0.2) is 0 Å². The lowest BCUT2D eigenvalue weighted by Crippen LogP contribution is -2.54. The smallest absolute Gasteiger partial charge is 0.226 e. The van der Waals surface area contributed by atoms with Gasteiger partial charge in [0.2, 0.25) is 11.8 Å². The van der Waals surface area contributed by atoms with E-state index in [0.717, 1.165) is 69.5 Å². The van der Waals surface area contributed by atoms with E-state index in [-0.39, 0.29) is 17.2 Å². The number of carbonyl (C=O) groups excluding carboxylic acids is 2. The number of nitrogens with one attached hydrogen (secondary N) is 2. The Morgan fingerprint density at radius 1 is 1.00 bits per heavy atom. The number of nitrogens with zero attached hydrogens (tertiary/aromatic N) is 1. The molecule has 1 heterocycles. The molecule has 0 atom stereocenters. The number of piperidine rings is 1. The van der Waals surface area contributed by atoms with Gasteiger partial charge in [-0.3, -0.25) is 9.59 Å². The Bertz CT molecular complexity index is 518. The van der Waals surface area contributed by atoms with Gasteiger partial charge in [0.1, 0.15) is 0 Å². The van der Waals surface area contributed by atoms with Gasteiger partial charge in [-0.1, -0.05) is 6.92 Å². The summed E-state index contributed by atoms with van der Waals surface area (Å²) in [5, 5.41) is 6.30. The lowest BCUT2D eigenvalue weighted by atomic mass is 9.49. The summed E-state index contributed by atoms with van der Waals surface area (Å²) < 4.78 is 0. The normalized spacial score (nSPS) is 36.0. The third-order valence-electron chi connectivity index (χ3n) is 7.65. The highest BCUT2D eigenvalue weighted by atomic mass is 16.2. The first-order valence-corrected chi connectivity index (χ1v) is 11.4. The van der Waals surface area contributed by atoms with Crippen LogP contribution in [0, 0.1) is 23.2 Å². The van der Waals surface area contributed by atoms with Crippen LogP contribution in [-0.2, 0) is 9.59 Å². The maximum Gasteiger partial charge on any atom is 0.226 e. The SMILES string of the molecule is CCCN1CCC(NC(=O)CCNC(=O)C23CC4CC(CC(C4)C2)C3)CC1. The van der Waals surface area contributed by atoms with Crippen molar-refractivity contribution in [2.24, 2.45) is 23.2 Å². The van der Waals surface area contributed by atoms with Crippen LogP contribution in [0.4, 0.5) is 0 Å². The highest BCUT2D eigenvalue weighted by Crippen LogP contribution is 2.60. The van der Waals surface area contributed by atoms with E-state index >= 15 is 0 Å². The van der Waals surface area contributed by atoms with Crippen molar-refractivity contribution in [3.8, 4) is 0 Å². The quantitative estimate of drug-likeness (QED) is 0.719. The molecule has 152 valence electrons. The third-order valence-corrected chi connectivity index (χ3v) is 7.65. The second-order valence-electron chi connectivity index (χ2n) is 9.89. The van der Waals surface area contributed by atoms with Crippen molar-refractivity contribution in [1.29, 1.82) is 0 Å². The van der Waals surface area contributed by atoms with Crippen molar-refractivity contribution >= 4 is 11.8 Å². The second kappa shape index (κ2) is 8.10. The highest BCUT2D eigenvalue weighted by Gasteiger charge is 2.54. The Hall–Kier alpha value is -1.10. The third kappa shape index (κ3) is 4.33. The van der Waals surface area contributed by atoms with Crippen LogP contribution in [0.1, 0.15) is 71.1 Å². The minimum Gasteiger partial charge on any atom is -0.355 e. The summed E-state index contributed by atoms with van der Waals surface area (Å²) in [5.41, 5.74) is -0.0999. The Kier molecular flexibility index (Phi) is 5.77. The van der Waals surface area contributed by atoms with Crippen molar-refractivity contribution in [2.75, 3.05) is 26.2 Å². The lowest BCUT2D eigenvalue weighted by Gasteiger charge is -2.55. The summed E-state index contributed by atoms with van der Waals surface area (Å²) in [6.45, 7) is 6.03. The topological polar surface area (TPSA) is 61.4 Å². The largest absolute Gasteiger partial charge is 0.355 e. The Morgan fingerprint density at radius 2 is 1.59 bits per heavy atom. The number of hydrogen-bond donors (Lipinski definition) is 2. The van der Waals surface area contributed by atoms with E-state index in [9.17, 15) is 9.59 Å². The molecule has 4 saturated carbocycles. The molecule has 0 radical (unpaired) electrons. The van der Waals surface area contributed by atoms with Gasteiger partial charge in [0, 0.05) is 37.5 Å². The summed E-state index contributed by atoms with van der Waals surface area (Å²) in [6.07, 6.45) is 11.0. The molecule has 2 amide bonds. The molecule has 4 bridgehead atoms. The lowest BCUT2D eigenvalue weighted by molar-refractivity contribution is -0.146. The van der Waals surface area contributed by atoms with Gasteiger partial charge in [-0.15, -0.1) is 0 Å². The molecular formula is C22H37N3O2. The molecule has 0 aromatic carbocycles. The summed E-state index contributed by atoms with van der Waals surface area (Å²) in [7, 11) is 0. The average molecular weight is 376 g/mol. The van der Waals surface area contributed by atoms with Crippen molar-refractivity contribution in [1.82, 2.24) is 15.5 Å². The Balaban J connectivity index is 1.17. The monoisotopic (exact) mass is 375 g/mol. The zero-order valence-corrected chi connectivity index (χ0v) is 17.0. The van der Waals surface area contributed by atoms with Crippen LogP contribution in [0.2, 0.25) is 0 Å².